The Hall–Kier alpha value is -2.20. The molecule has 3 aromatic carbocycles. The first kappa shape index (κ1) is 18.2. The molecule has 0 radical (unpaired) electrons. The molecular weight excluding hydrogens is 348 g/mol. The van der Waals surface area contributed by atoms with Crippen molar-refractivity contribution in [1.29, 1.82) is 0 Å². The van der Waals surface area contributed by atoms with Crippen molar-refractivity contribution in [2.75, 3.05) is 6.61 Å². The Morgan fingerprint density at radius 1 is 0.815 bits per heavy atom. The summed E-state index contributed by atoms with van der Waals surface area (Å²) < 4.78 is 13.6. The summed E-state index contributed by atoms with van der Waals surface area (Å²) in [6, 6.07) is 32.9. The maximum absolute atomic E-state index is 7.18. The summed E-state index contributed by atoms with van der Waals surface area (Å²) in [5.74, 6) is 0. The Kier molecular flexibility index (Phi) is 5.26. The van der Waals surface area contributed by atoms with Gasteiger partial charge in [0.2, 0.25) is 0 Å². The van der Waals surface area contributed by atoms with Crippen molar-refractivity contribution in [2.24, 2.45) is 0 Å². The van der Waals surface area contributed by atoms with Gasteiger partial charge >= 0.3 is 8.56 Å². The van der Waals surface area contributed by atoms with Gasteiger partial charge in [0.25, 0.3) is 0 Å². The molecule has 1 fully saturated rings. The smallest absolute Gasteiger partial charge is 0.373 e. The molecule has 0 aromatic heterocycles. The highest BCUT2D eigenvalue weighted by Crippen LogP contribution is 2.45. The Balaban J connectivity index is 1.87. The first-order chi connectivity index (χ1) is 13.3. The lowest BCUT2D eigenvalue weighted by Crippen LogP contribution is -2.60. The van der Waals surface area contributed by atoms with Gasteiger partial charge in [0.1, 0.15) is 5.60 Å². The highest BCUT2D eigenvalue weighted by Gasteiger charge is 2.52. The zero-order chi connectivity index (χ0) is 18.6. The van der Waals surface area contributed by atoms with E-state index in [1.54, 1.807) is 0 Å². The van der Waals surface area contributed by atoms with Gasteiger partial charge in [-0.2, -0.15) is 0 Å². The summed E-state index contributed by atoms with van der Waals surface area (Å²) in [6.45, 7) is 2.74. The van der Waals surface area contributed by atoms with Crippen LogP contribution < -0.4 is 5.19 Å². The lowest BCUT2D eigenvalue weighted by molar-refractivity contribution is 0.0311. The quantitative estimate of drug-likeness (QED) is 0.577. The van der Waals surface area contributed by atoms with E-state index in [2.05, 4.69) is 97.9 Å². The molecule has 3 aromatic rings. The zero-order valence-electron chi connectivity index (χ0n) is 15.8. The standard InChI is InChI=1S/C24H26O2Si/c1-2-25-27(23-17-10-5-11-18-23)20-12-19-24(26-27,21-13-6-3-7-14-21)22-15-8-4-9-16-22/h3-11,13-18H,2,12,19-20H2,1H3. The highest BCUT2D eigenvalue weighted by molar-refractivity contribution is 6.81. The maximum atomic E-state index is 7.18. The van der Waals surface area contributed by atoms with Gasteiger partial charge in [-0.3, -0.25) is 0 Å². The maximum Gasteiger partial charge on any atom is 0.373 e. The second kappa shape index (κ2) is 7.81. The van der Waals surface area contributed by atoms with E-state index < -0.39 is 14.2 Å². The first-order valence-electron chi connectivity index (χ1n) is 9.80. The molecule has 1 atom stereocenters. The Morgan fingerprint density at radius 2 is 1.33 bits per heavy atom. The van der Waals surface area contributed by atoms with Crippen LogP contribution in [0.4, 0.5) is 0 Å². The van der Waals surface area contributed by atoms with E-state index in [-0.39, 0.29) is 0 Å². The van der Waals surface area contributed by atoms with Crippen LogP contribution in [0.15, 0.2) is 91.0 Å². The predicted octanol–water partition coefficient (Wildman–Crippen LogP) is 5.13. The lowest BCUT2D eigenvalue weighted by Gasteiger charge is -2.47. The first-order valence-corrected chi connectivity index (χ1v) is 11.8. The van der Waals surface area contributed by atoms with E-state index in [9.17, 15) is 0 Å². The summed E-state index contributed by atoms with van der Waals surface area (Å²) in [6.07, 6.45) is 2.06. The third kappa shape index (κ3) is 3.38. The largest absolute Gasteiger partial charge is 0.391 e. The van der Waals surface area contributed by atoms with E-state index in [1.165, 1.54) is 16.3 Å². The van der Waals surface area contributed by atoms with Crippen LogP contribution in [0.5, 0.6) is 0 Å². The summed E-state index contributed by atoms with van der Waals surface area (Å²) in [7, 11) is -2.56. The van der Waals surface area contributed by atoms with E-state index >= 15 is 0 Å². The van der Waals surface area contributed by atoms with E-state index in [0.29, 0.717) is 6.61 Å². The molecule has 0 spiro atoms. The Labute approximate surface area is 163 Å². The predicted molar refractivity (Wildman–Crippen MR) is 112 cm³/mol. The number of hydrogen-bond acceptors (Lipinski definition) is 2. The van der Waals surface area contributed by atoms with Crippen LogP contribution in [0.3, 0.4) is 0 Å². The van der Waals surface area contributed by atoms with E-state index in [0.717, 1.165) is 18.9 Å². The van der Waals surface area contributed by atoms with Crippen molar-refractivity contribution in [2.45, 2.75) is 31.4 Å². The molecule has 27 heavy (non-hydrogen) atoms. The van der Waals surface area contributed by atoms with Gasteiger partial charge in [-0.25, -0.2) is 0 Å². The van der Waals surface area contributed by atoms with Gasteiger partial charge in [0.15, 0.2) is 0 Å². The lowest BCUT2D eigenvalue weighted by atomic mass is 9.83. The minimum absolute atomic E-state index is 0.460. The molecule has 138 valence electrons. The average molecular weight is 375 g/mol. The van der Waals surface area contributed by atoms with Gasteiger partial charge in [-0.15, -0.1) is 0 Å². The second-order valence-corrected chi connectivity index (χ2v) is 10.1. The summed E-state index contributed by atoms with van der Waals surface area (Å²) in [5, 5.41) is 1.22. The normalized spacial score (nSPS) is 21.7. The molecule has 0 bridgehead atoms. The summed E-state index contributed by atoms with van der Waals surface area (Å²) >= 11 is 0. The fourth-order valence-electron chi connectivity index (χ4n) is 4.25. The van der Waals surface area contributed by atoms with Crippen LogP contribution in [0.2, 0.25) is 6.04 Å². The van der Waals surface area contributed by atoms with Crippen molar-refractivity contribution in [3.05, 3.63) is 102 Å². The molecule has 1 unspecified atom stereocenters. The third-order valence-electron chi connectivity index (χ3n) is 5.45. The SMILES string of the molecule is CCO[Si]1(c2ccccc2)CCCC(c2ccccc2)(c2ccccc2)O1. The van der Waals surface area contributed by atoms with Crippen LogP contribution in [0, 0.1) is 0 Å². The molecule has 0 N–H and O–H groups in total. The van der Waals surface area contributed by atoms with E-state index in [1.807, 2.05) is 0 Å². The zero-order valence-corrected chi connectivity index (χ0v) is 16.8. The van der Waals surface area contributed by atoms with Crippen LogP contribution in [0.1, 0.15) is 30.9 Å². The fourth-order valence-corrected chi connectivity index (χ4v) is 7.84. The van der Waals surface area contributed by atoms with Gasteiger partial charge in [0.05, 0.1) is 0 Å². The molecule has 0 amide bonds. The van der Waals surface area contributed by atoms with Crippen molar-refractivity contribution >= 4 is 13.7 Å². The highest BCUT2D eigenvalue weighted by atomic mass is 28.4. The fraction of sp³-hybridized carbons (Fsp3) is 0.250. The topological polar surface area (TPSA) is 18.5 Å². The van der Waals surface area contributed by atoms with Gasteiger partial charge < -0.3 is 8.85 Å². The molecule has 0 aliphatic carbocycles. The molecule has 1 saturated heterocycles. The number of hydrogen-bond donors (Lipinski definition) is 0. The third-order valence-corrected chi connectivity index (χ3v) is 9.10. The average Bonchev–Trinajstić information content (AvgIpc) is 2.76. The molecular formula is C24H26O2Si. The molecule has 3 heteroatoms. The summed E-state index contributed by atoms with van der Waals surface area (Å²) in [5.41, 5.74) is 1.96. The van der Waals surface area contributed by atoms with Gasteiger partial charge in [-0.1, -0.05) is 91.0 Å². The molecule has 2 nitrogen and oxygen atoms in total. The Morgan fingerprint density at radius 3 is 1.85 bits per heavy atom. The van der Waals surface area contributed by atoms with E-state index in [4.69, 9.17) is 8.85 Å². The second-order valence-electron chi connectivity index (χ2n) is 7.07. The number of rotatable bonds is 5. The molecule has 1 aliphatic heterocycles. The van der Waals surface area contributed by atoms with Gasteiger partial charge in [0, 0.05) is 6.61 Å². The van der Waals surface area contributed by atoms with Crippen LogP contribution in [-0.2, 0) is 14.5 Å². The van der Waals surface area contributed by atoms with Crippen molar-refractivity contribution < 1.29 is 8.85 Å². The van der Waals surface area contributed by atoms with Crippen LogP contribution >= 0.6 is 0 Å². The van der Waals surface area contributed by atoms with Crippen molar-refractivity contribution in [1.82, 2.24) is 0 Å². The monoisotopic (exact) mass is 374 g/mol. The van der Waals surface area contributed by atoms with Crippen molar-refractivity contribution in [3.8, 4) is 0 Å². The summed E-state index contributed by atoms with van der Waals surface area (Å²) in [4.78, 5) is 0. The minimum Gasteiger partial charge on any atom is -0.391 e. The molecule has 4 rings (SSSR count). The molecule has 0 saturated carbocycles. The van der Waals surface area contributed by atoms with Gasteiger partial charge in [-0.05, 0) is 42.1 Å². The molecule has 1 aliphatic rings. The molecule has 1 heterocycles. The number of benzene rings is 3. The van der Waals surface area contributed by atoms with Crippen molar-refractivity contribution in [3.63, 3.8) is 0 Å². The van der Waals surface area contributed by atoms with Crippen LogP contribution in [-0.4, -0.2) is 15.2 Å². The Bertz CT molecular complexity index is 808. The van der Waals surface area contributed by atoms with Crippen LogP contribution in [0.25, 0.3) is 0 Å². The minimum atomic E-state index is -2.56.